The van der Waals surface area contributed by atoms with Crippen molar-refractivity contribution in [1.82, 2.24) is 0 Å². The van der Waals surface area contributed by atoms with Gasteiger partial charge in [-0.1, -0.05) is 13.0 Å². The van der Waals surface area contributed by atoms with Gasteiger partial charge in [-0.25, -0.2) is 0 Å². The van der Waals surface area contributed by atoms with Crippen LogP contribution in [0.4, 0.5) is 0 Å². The van der Waals surface area contributed by atoms with Crippen molar-refractivity contribution in [1.29, 1.82) is 5.26 Å². The highest BCUT2D eigenvalue weighted by molar-refractivity contribution is 5.75. The monoisotopic (exact) mass is 153 g/mol. The predicted molar refractivity (Wildman–Crippen MR) is 40.5 cm³/mol. The van der Waals surface area contributed by atoms with Gasteiger partial charge in [0.15, 0.2) is 0 Å². The number of esters is 1. The van der Waals surface area contributed by atoms with Crippen molar-refractivity contribution < 1.29 is 9.53 Å². The van der Waals surface area contributed by atoms with Crippen LogP contribution in [0, 0.1) is 23.2 Å². The van der Waals surface area contributed by atoms with Gasteiger partial charge in [-0.2, -0.15) is 5.26 Å². The number of hydrogen-bond acceptors (Lipinski definition) is 3. The summed E-state index contributed by atoms with van der Waals surface area (Å²) in [5.74, 6) is -1.38. The number of hydrogen-bond donors (Lipinski definition) is 0. The Morgan fingerprint density at radius 1 is 1.82 bits per heavy atom. The molecule has 0 aliphatic heterocycles. The van der Waals surface area contributed by atoms with Crippen molar-refractivity contribution in [2.45, 2.75) is 6.92 Å². The van der Waals surface area contributed by atoms with E-state index in [1.54, 1.807) is 13.0 Å². The summed E-state index contributed by atoms with van der Waals surface area (Å²) in [7, 11) is 1.27. The van der Waals surface area contributed by atoms with Crippen LogP contribution in [0.15, 0.2) is 12.7 Å². The van der Waals surface area contributed by atoms with Gasteiger partial charge in [-0.3, -0.25) is 4.79 Å². The Kier molecular flexibility index (Phi) is 3.97. The van der Waals surface area contributed by atoms with Gasteiger partial charge >= 0.3 is 5.97 Å². The fourth-order valence-electron chi connectivity index (χ4n) is 0.648. The first-order valence-corrected chi connectivity index (χ1v) is 3.27. The molecule has 0 rings (SSSR count). The molecule has 0 spiro atoms. The van der Waals surface area contributed by atoms with E-state index in [-0.39, 0.29) is 5.92 Å². The molecule has 0 aromatic rings. The van der Waals surface area contributed by atoms with Gasteiger partial charge < -0.3 is 4.74 Å². The largest absolute Gasteiger partial charge is 0.468 e. The SMILES string of the molecule is C=CC(C)C(C#N)C(=O)OC. The highest BCUT2D eigenvalue weighted by Gasteiger charge is 2.22. The smallest absolute Gasteiger partial charge is 0.323 e. The lowest BCUT2D eigenvalue weighted by Crippen LogP contribution is -2.20. The summed E-state index contributed by atoms with van der Waals surface area (Å²) in [4.78, 5) is 10.9. The van der Waals surface area contributed by atoms with E-state index in [9.17, 15) is 4.79 Å². The second-order valence-electron chi connectivity index (χ2n) is 2.22. The van der Waals surface area contributed by atoms with Crippen molar-refractivity contribution in [3.05, 3.63) is 12.7 Å². The minimum Gasteiger partial charge on any atom is -0.468 e. The molecule has 0 fully saturated rings. The Labute approximate surface area is 66.3 Å². The lowest BCUT2D eigenvalue weighted by atomic mass is 9.96. The number of rotatable bonds is 3. The van der Waals surface area contributed by atoms with Gasteiger partial charge in [-0.05, 0) is 0 Å². The normalized spacial score (nSPS) is 14.3. The molecule has 0 aromatic carbocycles. The minimum atomic E-state index is -0.725. The first-order valence-electron chi connectivity index (χ1n) is 3.27. The number of ether oxygens (including phenoxy) is 1. The maximum Gasteiger partial charge on any atom is 0.323 e. The molecular weight excluding hydrogens is 142 g/mol. The van der Waals surface area contributed by atoms with Gasteiger partial charge in [0.25, 0.3) is 0 Å². The number of nitriles is 1. The number of carbonyl (C=O) groups excluding carboxylic acids is 1. The molecule has 3 heteroatoms. The average Bonchev–Trinajstić information content (AvgIpc) is 2.05. The lowest BCUT2D eigenvalue weighted by Gasteiger charge is -2.09. The molecule has 3 nitrogen and oxygen atoms in total. The van der Waals surface area contributed by atoms with E-state index in [0.717, 1.165) is 0 Å². The first-order chi connectivity index (χ1) is 5.17. The zero-order valence-corrected chi connectivity index (χ0v) is 6.70. The average molecular weight is 153 g/mol. The predicted octanol–water partition coefficient (Wildman–Crippen LogP) is 1.12. The van der Waals surface area contributed by atoms with Crippen molar-refractivity contribution in [3.8, 4) is 6.07 Å². The molecule has 0 aliphatic carbocycles. The molecule has 0 radical (unpaired) electrons. The fourth-order valence-corrected chi connectivity index (χ4v) is 0.648. The molecule has 60 valence electrons. The molecule has 0 heterocycles. The van der Waals surface area contributed by atoms with Crippen molar-refractivity contribution >= 4 is 5.97 Å². The van der Waals surface area contributed by atoms with Crippen molar-refractivity contribution in [3.63, 3.8) is 0 Å². The quantitative estimate of drug-likeness (QED) is 0.451. The molecule has 2 atom stereocenters. The van der Waals surface area contributed by atoms with Crippen LogP contribution in [0.25, 0.3) is 0 Å². The minimum absolute atomic E-state index is 0.160. The summed E-state index contributed by atoms with van der Waals surface area (Å²) in [5.41, 5.74) is 0. The molecular formula is C8H11NO2. The third kappa shape index (κ3) is 2.42. The van der Waals surface area contributed by atoms with E-state index in [0.29, 0.717) is 0 Å². The van der Waals surface area contributed by atoms with Crippen LogP contribution in [-0.2, 0) is 9.53 Å². The topological polar surface area (TPSA) is 50.1 Å². The van der Waals surface area contributed by atoms with E-state index >= 15 is 0 Å². The second kappa shape index (κ2) is 4.51. The van der Waals surface area contributed by atoms with E-state index in [1.807, 2.05) is 6.07 Å². The summed E-state index contributed by atoms with van der Waals surface area (Å²) in [6.45, 7) is 5.24. The molecule has 0 N–H and O–H groups in total. The Morgan fingerprint density at radius 3 is 2.64 bits per heavy atom. The van der Waals surface area contributed by atoms with E-state index < -0.39 is 11.9 Å². The summed E-state index contributed by atoms with van der Waals surface area (Å²) in [6.07, 6.45) is 1.56. The molecule has 0 saturated heterocycles. The molecule has 0 aliphatic rings. The van der Waals surface area contributed by atoms with Crippen LogP contribution in [0.1, 0.15) is 6.92 Å². The second-order valence-corrected chi connectivity index (χ2v) is 2.22. The summed E-state index contributed by atoms with van der Waals surface area (Å²) < 4.78 is 4.42. The molecule has 11 heavy (non-hydrogen) atoms. The van der Waals surface area contributed by atoms with E-state index in [4.69, 9.17) is 5.26 Å². The number of methoxy groups -OCH3 is 1. The van der Waals surface area contributed by atoms with Crippen molar-refractivity contribution in [2.75, 3.05) is 7.11 Å². The Hall–Kier alpha value is -1.30. The molecule has 2 unspecified atom stereocenters. The summed E-state index contributed by atoms with van der Waals surface area (Å²) in [6, 6.07) is 1.86. The zero-order chi connectivity index (χ0) is 8.85. The third-order valence-electron chi connectivity index (χ3n) is 1.49. The standard InChI is InChI=1S/C8H11NO2/c1-4-6(2)7(5-9)8(10)11-3/h4,6-7H,1H2,2-3H3. The van der Waals surface area contributed by atoms with Crippen LogP contribution in [0.3, 0.4) is 0 Å². The maximum atomic E-state index is 10.9. The van der Waals surface area contributed by atoms with Gasteiger partial charge in [0, 0.05) is 5.92 Å². The Balaban J connectivity index is 4.30. The highest BCUT2D eigenvalue weighted by Crippen LogP contribution is 2.12. The summed E-state index contributed by atoms with van der Waals surface area (Å²) in [5, 5.41) is 8.53. The van der Waals surface area contributed by atoms with Crippen LogP contribution >= 0.6 is 0 Å². The first kappa shape index (κ1) is 9.70. The van der Waals surface area contributed by atoms with Crippen LogP contribution < -0.4 is 0 Å². The zero-order valence-electron chi connectivity index (χ0n) is 6.70. The van der Waals surface area contributed by atoms with Gasteiger partial charge in [0.2, 0.25) is 0 Å². The highest BCUT2D eigenvalue weighted by atomic mass is 16.5. The van der Waals surface area contributed by atoms with Crippen molar-refractivity contribution in [2.24, 2.45) is 11.8 Å². The van der Waals surface area contributed by atoms with Crippen LogP contribution in [0.2, 0.25) is 0 Å². The summed E-state index contributed by atoms with van der Waals surface area (Å²) >= 11 is 0. The lowest BCUT2D eigenvalue weighted by molar-refractivity contribution is -0.144. The molecule has 0 amide bonds. The number of allylic oxidation sites excluding steroid dienone is 1. The fraction of sp³-hybridized carbons (Fsp3) is 0.500. The van der Waals surface area contributed by atoms with Gasteiger partial charge in [0.05, 0.1) is 13.2 Å². The van der Waals surface area contributed by atoms with Crippen LogP contribution in [0.5, 0.6) is 0 Å². The molecule has 0 saturated carbocycles. The number of nitrogens with zero attached hydrogens (tertiary/aromatic N) is 1. The third-order valence-corrected chi connectivity index (χ3v) is 1.49. The van der Waals surface area contributed by atoms with E-state index in [1.165, 1.54) is 7.11 Å². The molecule has 0 bridgehead atoms. The van der Waals surface area contributed by atoms with Gasteiger partial charge in [0.1, 0.15) is 5.92 Å². The Bertz CT molecular complexity index is 193. The van der Waals surface area contributed by atoms with Gasteiger partial charge in [-0.15, -0.1) is 6.58 Å². The van der Waals surface area contributed by atoms with Crippen LogP contribution in [-0.4, -0.2) is 13.1 Å². The Morgan fingerprint density at radius 2 is 2.36 bits per heavy atom. The van der Waals surface area contributed by atoms with E-state index in [2.05, 4.69) is 11.3 Å². The number of carbonyl (C=O) groups is 1. The maximum absolute atomic E-state index is 10.9. The molecule has 0 aromatic heterocycles.